The number of hydrogen-bond acceptors (Lipinski definition) is 3. The monoisotopic (exact) mass is 240 g/mol. The third kappa shape index (κ3) is 1.79. The molecule has 0 atom stereocenters. The summed E-state index contributed by atoms with van der Waals surface area (Å²) < 4.78 is 0.498. The van der Waals surface area contributed by atoms with Crippen molar-refractivity contribution in [1.82, 2.24) is 0 Å². The normalized spacial score (nSPS) is 9.23. The van der Waals surface area contributed by atoms with Crippen molar-refractivity contribution in [3.8, 4) is 6.07 Å². The van der Waals surface area contributed by atoms with E-state index in [1.807, 2.05) is 6.07 Å². The number of anilines is 1. The van der Waals surface area contributed by atoms with Gasteiger partial charge in [-0.1, -0.05) is 0 Å². The first-order chi connectivity index (χ1) is 6.06. The van der Waals surface area contributed by atoms with Crippen molar-refractivity contribution in [2.45, 2.75) is 0 Å². The molecule has 0 heterocycles. The summed E-state index contributed by atoms with van der Waals surface area (Å²) in [6, 6.07) is 4.49. The van der Waals surface area contributed by atoms with Crippen molar-refractivity contribution in [3.63, 3.8) is 0 Å². The zero-order valence-electron chi connectivity index (χ0n) is 6.41. The fraction of sp³-hybridized carbons (Fsp3) is 0. The first kappa shape index (κ1) is 9.55. The topological polar surface area (TPSA) is 87.1 Å². The van der Waals surface area contributed by atoms with Crippen molar-refractivity contribution >= 4 is 27.6 Å². The molecule has 0 unspecified atom stereocenters. The summed E-state index contributed by atoms with van der Waals surface area (Å²) in [7, 11) is 0. The second kappa shape index (κ2) is 3.46. The minimum absolute atomic E-state index is 0.0558. The molecule has 0 aromatic heterocycles. The predicted molar refractivity (Wildman–Crippen MR) is 50.2 cm³/mol. The molecule has 0 bridgehead atoms. The van der Waals surface area contributed by atoms with Gasteiger partial charge in [0.15, 0.2) is 0 Å². The van der Waals surface area contributed by atoms with Crippen LogP contribution in [0.5, 0.6) is 0 Å². The van der Waals surface area contributed by atoms with Crippen molar-refractivity contribution in [2.75, 3.05) is 5.73 Å². The molecule has 0 fully saturated rings. The number of hydrogen-bond donors (Lipinski definition) is 2. The van der Waals surface area contributed by atoms with Gasteiger partial charge in [-0.15, -0.1) is 0 Å². The summed E-state index contributed by atoms with van der Waals surface area (Å²) >= 11 is 3.10. The highest BCUT2D eigenvalue weighted by Gasteiger charge is 2.11. The number of halogens is 1. The minimum atomic E-state index is -1.14. The van der Waals surface area contributed by atoms with Crippen LogP contribution in [0.4, 0.5) is 5.69 Å². The van der Waals surface area contributed by atoms with E-state index in [-0.39, 0.29) is 16.8 Å². The van der Waals surface area contributed by atoms with Crippen LogP contribution >= 0.6 is 15.9 Å². The molecule has 0 radical (unpaired) electrons. The van der Waals surface area contributed by atoms with Gasteiger partial charge in [-0.3, -0.25) is 0 Å². The second-order valence-electron chi connectivity index (χ2n) is 2.34. The first-order valence-electron chi connectivity index (χ1n) is 3.28. The van der Waals surface area contributed by atoms with Crippen molar-refractivity contribution in [3.05, 3.63) is 27.7 Å². The lowest BCUT2D eigenvalue weighted by Gasteiger charge is -2.02. The molecular weight excluding hydrogens is 236 g/mol. The molecule has 66 valence electrons. The average Bonchev–Trinajstić information content (AvgIpc) is 2.03. The molecule has 0 aliphatic heterocycles. The lowest BCUT2D eigenvalue weighted by Crippen LogP contribution is -2.03. The maximum absolute atomic E-state index is 10.6. The predicted octanol–water partition coefficient (Wildman–Crippen LogP) is 1.60. The highest BCUT2D eigenvalue weighted by molar-refractivity contribution is 9.10. The molecule has 0 aliphatic carbocycles. The zero-order chi connectivity index (χ0) is 10.0. The van der Waals surface area contributed by atoms with E-state index in [0.29, 0.717) is 4.47 Å². The Labute approximate surface area is 82.7 Å². The molecule has 0 spiro atoms. The molecular formula is C8H5BrN2O2. The van der Waals surface area contributed by atoms with E-state index in [1.165, 1.54) is 12.1 Å². The third-order valence-corrected chi connectivity index (χ3v) is 2.15. The van der Waals surface area contributed by atoms with E-state index in [1.54, 1.807) is 0 Å². The van der Waals surface area contributed by atoms with Gasteiger partial charge in [0.1, 0.15) is 6.07 Å². The Morgan fingerprint density at radius 2 is 2.23 bits per heavy atom. The molecule has 13 heavy (non-hydrogen) atoms. The van der Waals surface area contributed by atoms with Crippen molar-refractivity contribution < 1.29 is 9.90 Å². The van der Waals surface area contributed by atoms with Gasteiger partial charge < -0.3 is 10.8 Å². The standard InChI is InChI=1S/C8H5BrN2O2/c9-6-2-7(11)5(8(12)13)1-4(6)3-10/h1-2H,11H2,(H,12,13). The van der Waals surface area contributed by atoms with E-state index in [9.17, 15) is 4.79 Å². The highest BCUT2D eigenvalue weighted by Crippen LogP contribution is 2.23. The van der Waals surface area contributed by atoms with Gasteiger partial charge in [0.2, 0.25) is 0 Å². The number of aromatic carboxylic acids is 1. The molecule has 0 amide bonds. The fourth-order valence-electron chi connectivity index (χ4n) is 0.860. The summed E-state index contributed by atoms with van der Waals surface area (Å²) in [5.41, 5.74) is 5.76. The minimum Gasteiger partial charge on any atom is -0.478 e. The SMILES string of the molecule is N#Cc1cc(C(=O)O)c(N)cc1Br. The molecule has 1 aromatic rings. The van der Waals surface area contributed by atoms with Gasteiger partial charge in [-0.05, 0) is 28.1 Å². The molecule has 5 heteroatoms. The van der Waals surface area contributed by atoms with Crippen LogP contribution in [0, 0.1) is 11.3 Å². The molecule has 1 aromatic carbocycles. The van der Waals surface area contributed by atoms with Gasteiger partial charge in [0.25, 0.3) is 0 Å². The zero-order valence-corrected chi connectivity index (χ0v) is 8.00. The van der Waals surface area contributed by atoms with E-state index in [4.69, 9.17) is 16.1 Å². The quantitative estimate of drug-likeness (QED) is 0.731. The van der Waals surface area contributed by atoms with Gasteiger partial charge in [0, 0.05) is 10.2 Å². The van der Waals surface area contributed by atoms with Crippen LogP contribution in [-0.4, -0.2) is 11.1 Å². The number of rotatable bonds is 1. The lowest BCUT2D eigenvalue weighted by molar-refractivity contribution is 0.0698. The lowest BCUT2D eigenvalue weighted by atomic mass is 10.1. The number of carboxylic acid groups (broad SMARTS) is 1. The Kier molecular flexibility index (Phi) is 2.54. The van der Waals surface area contributed by atoms with Crippen molar-refractivity contribution in [1.29, 1.82) is 5.26 Å². The van der Waals surface area contributed by atoms with Gasteiger partial charge in [0.05, 0.1) is 11.1 Å². The van der Waals surface area contributed by atoms with Gasteiger partial charge in [-0.25, -0.2) is 4.79 Å². The van der Waals surface area contributed by atoms with Crippen LogP contribution in [0.25, 0.3) is 0 Å². The summed E-state index contributed by atoms with van der Waals surface area (Å²) in [4.78, 5) is 10.6. The van der Waals surface area contributed by atoms with E-state index < -0.39 is 5.97 Å². The van der Waals surface area contributed by atoms with E-state index in [0.717, 1.165) is 0 Å². The van der Waals surface area contributed by atoms with E-state index in [2.05, 4.69) is 15.9 Å². The van der Waals surface area contributed by atoms with Gasteiger partial charge in [-0.2, -0.15) is 5.26 Å². The van der Waals surface area contributed by atoms with Crippen LogP contribution < -0.4 is 5.73 Å². The molecule has 0 saturated carbocycles. The number of nitrogen functional groups attached to an aromatic ring is 1. The van der Waals surface area contributed by atoms with Crippen LogP contribution in [0.2, 0.25) is 0 Å². The fourth-order valence-corrected chi connectivity index (χ4v) is 1.31. The maximum atomic E-state index is 10.6. The second-order valence-corrected chi connectivity index (χ2v) is 3.19. The van der Waals surface area contributed by atoms with Crippen LogP contribution in [0.3, 0.4) is 0 Å². The van der Waals surface area contributed by atoms with Crippen LogP contribution in [0.1, 0.15) is 15.9 Å². The Balaban J connectivity index is 3.41. The summed E-state index contributed by atoms with van der Waals surface area (Å²) in [5.74, 6) is -1.14. The maximum Gasteiger partial charge on any atom is 0.337 e. The number of benzene rings is 1. The summed E-state index contributed by atoms with van der Waals surface area (Å²) in [6.07, 6.45) is 0. The summed E-state index contributed by atoms with van der Waals surface area (Å²) in [5, 5.41) is 17.3. The number of carbonyl (C=O) groups is 1. The molecule has 0 saturated heterocycles. The van der Waals surface area contributed by atoms with Crippen LogP contribution in [-0.2, 0) is 0 Å². The highest BCUT2D eigenvalue weighted by atomic mass is 79.9. The molecule has 0 aliphatic rings. The smallest absolute Gasteiger partial charge is 0.337 e. The largest absolute Gasteiger partial charge is 0.478 e. The molecule has 1 rings (SSSR count). The van der Waals surface area contributed by atoms with Crippen LogP contribution in [0.15, 0.2) is 16.6 Å². The number of carboxylic acids is 1. The number of nitrogens with zero attached hydrogens (tertiary/aromatic N) is 1. The van der Waals surface area contributed by atoms with E-state index >= 15 is 0 Å². The Morgan fingerprint density at radius 3 is 2.69 bits per heavy atom. The first-order valence-corrected chi connectivity index (χ1v) is 4.08. The molecule has 3 N–H and O–H groups in total. The summed E-state index contributed by atoms with van der Waals surface area (Å²) in [6.45, 7) is 0. The average molecular weight is 241 g/mol. The Morgan fingerprint density at radius 1 is 1.62 bits per heavy atom. The van der Waals surface area contributed by atoms with Gasteiger partial charge >= 0.3 is 5.97 Å². The number of nitriles is 1. The molecule has 4 nitrogen and oxygen atoms in total. The number of nitrogens with two attached hydrogens (primary N) is 1. The third-order valence-electron chi connectivity index (χ3n) is 1.49. The Bertz CT molecular complexity index is 409. The van der Waals surface area contributed by atoms with Crippen molar-refractivity contribution in [2.24, 2.45) is 0 Å². The Hall–Kier alpha value is -1.54.